The zero-order valence-electron chi connectivity index (χ0n) is 14.5. The van der Waals surface area contributed by atoms with Crippen LogP contribution in [-0.4, -0.2) is 36.0 Å². The molecule has 0 unspecified atom stereocenters. The summed E-state index contributed by atoms with van der Waals surface area (Å²) >= 11 is 0. The van der Waals surface area contributed by atoms with Gasteiger partial charge in [-0.1, -0.05) is 30.3 Å². The van der Waals surface area contributed by atoms with Crippen LogP contribution < -0.4 is 10.6 Å². The lowest BCUT2D eigenvalue weighted by molar-refractivity contribution is 0.0708. The molecule has 0 spiro atoms. The van der Waals surface area contributed by atoms with E-state index in [-0.39, 0.29) is 23.8 Å². The van der Waals surface area contributed by atoms with Crippen molar-refractivity contribution in [1.82, 2.24) is 15.5 Å². The van der Waals surface area contributed by atoms with Gasteiger partial charge in [0.25, 0.3) is 5.91 Å². The van der Waals surface area contributed by atoms with Crippen molar-refractivity contribution in [2.75, 3.05) is 13.1 Å². The summed E-state index contributed by atoms with van der Waals surface area (Å²) < 4.78 is 12.9. The van der Waals surface area contributed by atoms with Gasteiger partial charge in [0, 0.05) is 31.2 Å². The maximum absolute atomic E-state index is 12.9. The molecule has 0 aromatic heterocycles. The van der Waals surface area contributed by atoms with Gasteiger partial charge in [-0.15, -0.1) is 0 Å². The molecule has 5 nitrogen and oxygen atoms in total. The third-order valence-electron chi connectivity index (χ3n) is 4.50. The molecule has 2 aromatic rings. The molecule has 0 saturated carbocycles. The standard InChI is InChI=1S/C20H22FN3O2/c21-17-8-6-15(7-9-17)14-22-20(26)23-18-10-12-24(13-11-18)19(25)16-4-2-1-3-5-16/h1-9,18H,10-14H2,(H2,22,23,26). The Hall–Kier alpha value is -2.89. The zero-order chi connectivity index (χ0) is 18.4. The SMILES string of the molecule is O=C(NCc1ccc(F)cc1)NC1CCN(C(=O)c2ccccc2)CC1. The molecule has 26 heavy (non-hydrogen) atoms. The number of likely N-dealkylation sites (tertiary alicyclic amines) is 1. The van der Waals surface area contributed by atoms with Gasteiger partial charge in [-0.2, -0.15) is 0 Å². The van der Waals surface area contributed by atoms with Crippen molar-refractivity contribution >= 4 is 11.9 Å². The van der Waals surface area contributed by atoms with Gasteiger partial charge in [0.1, 0.15) is 5.82 Å². The molecule has 136 valence electrons. The van der Waals surface area contributed by atoms with E-state index in [0.29, 0.717) is 25.2 Å². The molecule has 1 saturated heterocycles. The number of nitrogens with one attached hydrogen (secondary N) is 2. The van der Waals surface area contributed by atoms with E-state index in [9.17, 15) is 14.0 Å². The Labute approximate surface area is 152 Å². The number of carbonyl (C=O) groups is 2. The number of hydrogen-bond acceptors (Lipinski definition) is 2. The number of hydrogen-bond donors (Lipinski definition) is 2. The fourth-order valence-corrected chi connectivity index (χ4v) is 3.01. The lowest BCUT2D eigenvalue weighted by Gasteiger charge is -2.32. The van der Waals surface area contributed by atoms with E-state index < -0.39 is 0 Å². The molecule has 3 rings (SSSR count). The molecule has 2 N–H and O–H groups in total. The normalized spacial score (nSPS) is 14.7. The smallest absolute Gasteiger partial charge is 0.315 e. The van der Waals surface area contributed by atoms with E-state index in [4.69, 9.17) is 0 Å². The third kappa shape index (κ3) is 4.81. The largest absolute Gasteiger partial charge is 0.338 e. The molecular weight excluding hydrogens is 333 g/mol. The van der Waals surface area contributed by atoms with E-state index in [1.54, 1.807) is 12.1 Å². The Morgan fingerprint density at radius 1 is 1.00 bits per heavy atom. The summed E-state index contributed by atoms with van der Waals surface area (Å²) in [6.45, 7) is 1.59. The highest BCUT2D eigenvalue weighted by Crippen LogP contribution is 2.14. The van der Waals surface area contributed by atoms with Gasteiger partial charge in [0.15, 0.2) is 0 Å². The number of nitrogens with zero attached hydrogens (tertiary/aromatic N) is 1. The Morgan fingerprint density at radius 3 is 2.31 bits per heavy atom. The second-order valence-corrected chi connectivity index (χ2v) is 6.39. The van der Waals surface area contributed by atoms with E-state index in [1.165, 1.54) is 12.1 Å². The van der Waals surface area contributed by atoms with Crippen LogP contribution in [0.1, 0.15) is 28.8 Å². The predicted molar refractivity (Wildman–Crippen MR) is 97.1 cm³/mol. The molecule has 1 aliphatic rings. The Bertz CT molecular complexity index is 741. The molecule has 1 fully saturated rings. The van der Waals surface area contributed by atoms with Crippen molar-refractivity contribution in [2.45, 2.75) is 25.4 Å². The minimum atomic E-state index is -0.296. The zero-order valence-corrected chi connectivity index (χ0v) is 14.5. The summed E-state index contributed by atoms with van der Waals surface area (Å²) in [6.07, 6.45) is 1.45. The molecule has 0 aliphatic carbocycles. The van der Waals surface area contributed by atoms with Crippen molar-refractivity contribution < 1.29 is 14.0 Å². The lowest BCUT2D eigenvalue weighted by atomic mass is 10.0. The first-order valence-electron chi connectivity index (χ1n) is 8.75. The van der Waals surface area contributed by atoms with Crippen LogP contribution in [0.3, 0.4) is 0 Å². The van der Waals surface area contributed by atoms with Gasteiger partial charge >= 0.3 is 6.03 Å². The van der Waals surface area contributed by atoms with Crippen molar-refractivity contribution in [3.63, 3.8) is 0 Å². The van der Waals surface area contributed by atoms with Crippen LogP contribution in [0.15, 0.2) is 54.6 Å². The summed E-state index contributed by atoms with van der Waals surface area (Å²) in [5.74, 6) is -0.264. The highest BCUT2D eigenvalue weighted by Gasteiger charge is 2.24. The molecule has 0 radical (unpaired) electrons. The van der Waals surface area contributed by atoms with Gasteiger partial charge < -0.3 is 15.5 Å². The minimum absolute atomic E-state index is 0.0322. The summed E-state index contributed by atoms with van der Waals surface area (Å²) in [5.41, 5.74) is 1.53. The van der Waals surface area contributed by atoms with Crippen LogP contribution in [0.2, 0.25) is 0 Å². The Balaban J connectivity index is 1.41. The van der Waals surface area contributed by atoms with Gasteiger partial charge in [-0.3, -0.25) is 4.79 Å². The number of halogens is 1. The van der Waals surface area contributed by atoms with Crippen LogP contribution in [0.5, 0.6) is 0 Å². The molecule has 1 heterocycles. The van der Waals surface area contributed by atoms with Crippen molar-refractivity contribution in [2.24, 2.45) is 0 Å². The van der Waals surface area contributed by atoms with Gasteiger partial charge in [-0.25, -0.2) is 9.18 Å². The van der Waals surface area contributed by atoms with Crippen molar-refractivity contribution in [1.29, 1.82) is 0 Å². The van der Waals surface area contributed by atoms with E-state index in [2.05, 4.69) is 10.6 Å². The van der Waals surface area contributed by atoms with E-state index in [1.807, 2.05) is 35.2 Å². The number of piperidine rings is 1. The first-order valence-corrected chi connectivity index (χ1v) is 8.75. The topological polar surface area (TPSA) is 61.4 Å². The van der Waals surface area contributed by atoms with Crippen LogP contribution in [0.25, 0.3) is 0 Å². The molecule has 0 atom stereocenters. The molecule has 6 heteroatoms. The number of rotatable bonds is 4. The quantitative estimate of drug-likeness (QED) is 0.886. The maximum Gasteiger partial charge on any atom is 0.315 e. The fraction of sp³-hybridized carbons (Fsp3) is 0.300. The third-order valence-corrected chi connectivity index (χ3v) is 4.50. The first kappa shape index (κ1) is 17.9. The number of benzene rings is 2. The Kier molecular flexibility index (Phi) is 5.84. The first-order chi connectivity index (χ1) is 12.6. The van der Waals surface area contributed by atoms with Crippen LogP contribution >= 0.6 is 0 Å². The summed E-state index contributed by atoms with van der Waals surface area (Å²) in [7, 11) is 0. The minimum Gasteiger partial charge on any atom is -0.338 e. The van der Waals surface area contributed by atoms with Gasteiger partial charge in [-0.05, 0) is 42.7 Å². The van der Waals surface area contributed by atoms with E-state index in [0.717, 1.165) is 18.4 Å². The fourth-order valence-electron chi connectivity index (χ4n) is 3.01. The highest BCUT2D eigenvalue weighted by atomic mass is 19.1. The summed E-state index contributed by atoms with van der Waals surface area (Å²) in [4.78, 5) is 26.2. The highest BCUT2D eigenvalue weighted by molar-refractivity contribution is 5.94. The summed E-state index contributed by atoms with van der Waals surface area (Å²) in [5, 5.41) is 5.71. The molecule has 1 aliphatic heterocycles. The van der Waals surface area contributed by atoms with Crippen LogP contribution in [0.4, 0.5) is 9.18 Å². The van der Waals surface area contributed by atoms with Crippen LogP contribution in [0, 0.1) is 5.82 Å². The van der Waals surface area contributed by atoms with Gasteiger partial charge in [0.2, 0.25) is 0 Å². The second kappa shape index (κ2) is 8.47. The summed E-state index contributed by atoms with van der Waals surface area (Å²) in [6, 6.07) is 15.0. The molecule has 3 amide bonds. The number of carbonyl (C=O) groups excluding carboxylic acids is 2. The van der Waals surface area contributed by atoms with E-state index >= 15 is 0 Å². The molecular formula is C20H22FN3O2. The second-order valence-electron chi connectivity index (χ2n) is 6.39. The average molecular weight is 355 g/mol. The van der Waals surface area contributed by atoms with Crippen molar-refractivity contribution in [3.8, 4) is 0 Å². The van der Waals surface area contributed by atoms with Crippen molar-refractivity contribution in [3.05, 3.63) is 71.5 Å². The van der Waals surface area contributed by atoms with Gasteiger partial charge in [0.05, 0.1) is 0 Å². The molecule has 0 bridgehead atoms. The predicted octanol–water partition coefficient (Wildman–Crippen LogP) is 2.93. The number of urea groups is 1. The molecule has 2 aromatic carbocycles. The lowest BCUT2D eigenvalue weighted by Crippen LogP contribution is -2.49. The monoisotopic (exact) mass is 355 g/mol. The number of amides is 3. The van der Waals surface area contributed by atoms with Crippen LogP contribution in [-0.2, 0) is 6.54 Å². The average Bonchev–Trinajstić information content (AvgIpc) is 2.68. The maximum atomic E-state index is 12.9. The Morgan fingerprint density at radius 2 is 1.65 bits per heavy atom.